The number of fused-ring (bicyclic) bond motifs is 1. The minimum absolute atomic E-state index is 0.653. The van der Waals surface area contributed by atoms with Gasteiger partial charge in [-0.25, -0.2) is 4.98 Å². The summed E-state index contributed by atoms with van der Waals surface area (Å²) in [6, 6.07) is 9.84. The maximum absolute atomic E-state index is 6.19. The molecular formula is C17H14Cl2N2. The van der Waals surface area contributed by atoms with Crippen LogP contribution >= 0.6 is 23.2 Å². The third-order valence-electron chi connectivity index (χ3n) is 4.16. The van der Waals surface area contributed by atoms with Crippen molar-refractivity contribution in [2.24, 2.45) is 0 Å². The molecule has 1 aromatic carbocycles. The Hall–Kier alpha value is -1.51. The molecule has 0 saturated carbocycles. The number of pyridine rings is 1. The first-order chi connectivity index (χ1) is 10.2. The fourth-order valence-corrected chi connectivity index (χ4v) is 3.84. The predicted octanol–water partition coefficient (Wildman–Crippen LogP) is 5.52. The van der Waals surface area contributed by atoms with Gasteiger partial charge in [-0.1, -0.05) is 29.3 Å². The summed E-state index contributed by atoms with van der Waals surface area (Å²) in [5, 5.41) is 1.31. The van der Waals surface area contributed by atoms with E-state index in [1.807, 2.05) is 24.4 Å². The van der Waals surface area contributed by atoms with E-state index in [4.69, 9.17) is 23.2 Å². The van der Waals surface area contributed by atoms with E-state index >= 15 is 0 Å². The van der Waals surface area contributed by atoms with Crippen LogP contribution < -0.4 is 4.90 Å². The molecule has 0 saturated heterocycles. The molecule has 4 heteroatoms. The van der Waals surface area contributed by atoms with Gasteiger partial charge in [-0.3, -0.25) is 4.90 Å². The molecule has 1 aliphatic carbocycles. The van der Waals surface area contributed by atoms with E-state index in [9.17, 15) is 0 Å². The van der Waals surface area contributed by atoms with Crippen LogP contribution in [0.25, 0.3) is 0 Å². The number of hydrogen-bond acceptors (Lipinski definition) is 2. The van der Waals surface area contributed by atoms with Gasteiger partial charge in [0, 0.05) is 21.9 Å². The van der Waals surface area contributed by atoms with Crippen molar-refractivity contribution >= 4 is 34.7 Å². The van der Waals surface area contributed by atoms with Crippen LogP contribution in [0.4, 0.5) is 11.5 Å². The molecule has 106 valence electrons. The zero-order valence-electron chi connectivity index (χ0n) is 11.4. The van der Waals surface area contributed by atoms with Gasteiger partial charge >= 0.3 is 0 Å². The Morgan fingerprint density at radius 3 is 2.67 bits per heavy atom. The van der Waals surface area contributed by atoms with Crippen LogP contribution in [0.1, 0.15) is 24.8 Å². The number of rotatable bonds is 1. The average Bonchev–Trinajstić information content (AvgIpc) is 2.91. The molecule has 1 aromatic heterocycles. The molecule has 2 heterocycles. The topological polar surface area (TPSA) is 16.1 Å². The van der Waals surface area contributed by atoms with Gasteiger partial charge in [0.25, 0.3) is 0 Å². The Morgan fingerprint density at radius 2 is 1.86 bits per heavy atom. The number of nitrogens with zero attached hydrogens (tertiary/aromatic N) is 2. The summed E-state index contributed by atoms with van der Waals surface area (Å²) in [5.74, 6) is 1.01. The van der Waals surface area contributed by atoms with E-state index in [-0.39, 0.29) is 0 Å². The summed E-state index contributed by atoms with van der Waals surface area (Å²) in [6.07, 6.45) is 6.34. The lowest BCUT2D eigenvalue weighted by Gasteiger charge is -2.32. The Morgan fingerprint density at radius 1 is 1.05 bits per heavy atom. The minimum atomic E-state index is 0.653. The van der Waals surface area contributed by atoms with Crippen LogP contribution in [0.15, 0.2) is 47.8 Å². The Kier molecular flexibility index (Phi) is 3.16. The van der Waals surface area contributed by atoms with E-state index in [1.54, 1.807) is 6.07 Å². The molecule has 0 N–H and O–H groups in total. The fourth-order valence-electron chi connectivity index (χ4n) is 3.32. The molecule has 0 amide bonds. The van der Waals surface area contributed by atoms with Crippen molar-refractivity contribution < 1.29 is 0 Å². The number of benzene rings is 1. The standard InChI is InChI=1S/C17H14Cl2N2/c18-13-8-14(19)10-15(9-13)21-16-5-1-3-11(16)7-12-4-2-6-20-17(12)21/h2,4,6,8-10H,1,3,5,7H2. The summed E-state index contributed by atoms with van der Waals surface area (Å²) in [7, 11) is 0. The highest BCUT2D eigenvalue weighted by atomic mass is 35.5. The van der Waals surface area contributed by atoms with Crippen molar-refractivity contribution in [3.63, 3.8) is 0 Å². The lowest BCUT2D eigenvalue weighted by molar-refractivity contribution is 0.880. The summed E-state index contributed by atoms with van der Waals surface area (Å²) in [6.45, 7) is 0. The third kappa shape index (κ3) is 2.23. The molecule has 1 aliphatic heterocycles. The molecule has 0 unspecified atom stereocenters. The smallest absolute Gasteiger partial charge is 0.140 e. The number of anilines is 2. The Bertz CT molecular complexity index is 732. The zero-order valence-corrected chi connectivity index (χ0v) is 13.0. The molecule has 4 rings (SSSR count). The van der Waals surface area contributed by atoms with E-state index < -0.39 is 0 Å². The fraction of sp³-hybridized carbons (Fsp3) is 0.235. The molecular weight excluding hydrogens is 303 g/mol. The van der Waals surface area contributed by atoms with E-state index in [2.05, 4.69) is 16.0 Å². The van der Waals surface area contributed by atoms with Crippen LogP contribution in [0.5, 0.6) is 0 Å². The lowest BCUT2D eigenvalue weighted by Crippen LogP contribution is -2.23. The molecule has 21 heavy (non-hydrogen) atoms. The highest BCUT2D eigenvalue weighted by molar-refractivity contribution is 6.35. The highest BCUT2D eigenvalue weighted by Crippen LogP contribution is 2.44. The monoisotopic (exact) mass is 316 g/mol. The van der Waals surface area contributed by atoms with Crippen LogP contribution in [0, 0.1) is 0 Å². The van der Waals surface area contributed by atoms with Gasteiger partial charge in [0.1, 0.15) is 5.82 Å². The molecule has 0 radical (unpaired) electrons. The molecule has 2 nitrogen and oxygen atoms in total. The summed E-state index contributed by atoms with van der Waals surface area (Å²) in [4.78, 5) is 6.84. The molecule has 2 aromatic rings. The highest BCUT2D eigenvalue weighted by Gasteiger charge is 2.30. The quantitative estimate of drug-likeness (QED) is 0.688. The van der Waals surface area contributed by atoms with Crippen LogP contribution in [-0.2, 0) is 6.42 Å². The average molecular weight is 317 g/mol. The van der Waals surface area contributed by atoms with E-state index in [0.29, 0.717) is 10.0 Å². The maximum Gasteiger partial charge on any atom is 0.140 e. The van der Waals surface area contributed by atoms with Gasteiger partial charge in [0.05, 0.1) is 5.69 Å². The first-order valence-electron chi connectivity index (χ1n) is 7.13. The summed E-state index contributed by atoms with van der Waals surface area (Å²) in [5.41, 5.74) is 5.17. The molecule has 2 aliphatic rings. The number of allylic oxidation sites excluding steroid dienone is 2. The molecule has 0 bridgehead atoms. The molecule has 0 fully saturated rings. The molecule has 0 atom stereocenters. The van der Waals surface area contributed by atoms with Crippen molar-refractivity contribution in [3.8, 4) is 0 Å². The van der Waals surface area contributed by atoms with Gasteiger partial charge in [0.15, 0.2) is 0 Å². The maximum atomic E-state index is 6.19. The van der Waals surface area contributed by atoms with Gasteiger partial charge in [0.2, 0.25) is 0 Å². The first kappa shape index (κ1) is 13.2. The van der Waals surface area contributed by atoms with E-state index in [1.165, 1.54) is 29.7 Å². The SMILES string of the molecule is Clc1cc(Cl)cc(N2C3=C(CCC3)Cc3cccnc32)c1. The first-order valence-corrected chi connectivity index (χ1v) is 7.89. The minimum Gasteiger partial charge on any atom is -0.299 e. The predicted molar refractivity (Wildman–Crippen MR) is 87.4 cm³/mol. The van der Waals surface area contributed by atoms with Crippen LogP contribution in [-0.4, -0.2) is 4.98 Å². The van der Waals surface area contributed by atoms with Crippen molar-refractivity contribution in [2.75, 3.05) is 4.90 Å². The lowest BCUT2D eigenvalue weighted by atomic mass is 9.99. The van der Waals surface area contributed by atoms with Gasteiger partial charge in [-0.15, -0.1) is 0 Å². The Labute approximate surface area is 134 Å². The summed E-state index contributed by atoms with van der Waals surface area (Å²) >= 11 is 12.4. The van der Waals surface area contributed by atoms with Gasteiger partial charge < -0.3 is 0 Å². The van der Waals surface area contributed by atoms with Gasteiger partial charge in [-0.05, 0) is 61.1 Å². The second kappa shape index (κ2) is 5.04. The second-order valence-corrected chi connectivity index (χ2v) is 6.40. The second-order valence-electron chi connectivity index (χ2n) is 5.53. The van der Waals surface area contributed by atoms with E-state index in [0.717, 1.165) is 24.3 Å². The molecule has 0 spiro atoms. The van der Waals surface area contributed by atoms with Crippen LogP contribution in [0.2, 0.25) is 10.0 Å². The van der Waals surface area contributed by atoms with Gasteiger partial charge in [-0.2, -0.15) is 0 Å². The summed E-state index contributed by atoms with van der Waals surface area (Å²) < 4.78 is 0. The number of halogens is 2. The Balaban J connectivity index is 1.92. The number of hydrogen-bond donors (Lipinski definition) is 0. The van der Waals surface area contributed by atoms with Crippen molar-refractivity contribution in [1.82, 2.24) is 4.98 Å². The van der Waals surface area contributed by atoms with Crippen molar-refractivity contribution in [2.45, 2.75) is 25.7 Å². The third-order valence-corrected chi connectivity index (χ3v) is 4.60. The number of aromatic nitrogens is 1. The zero-order chi connectivity index (χ0) is 14.4. The normalized spacial score (nSPS) is 17.0. The largest absolute Gasteiger partial charge is 0.299 e. The van der Waals surface area contributed by atoms with Crippen molar-refractivity contribution in [3.05, 3.63) is 63.4 Å². The van der Waals surface area contributed by atoms with Crippen molar-refractivity contribution in [1.29, 1.82) is 0 Å². The van der Waals surface area contributed by atoms with Crippen LogP contribution in [0.3, 0.4) is 0 Å².